The third-order valence-corrected chi connectivity index (χ3v) is 5.53. The topological polar surface area (TPSA) is 92.8 Å². The van der Waals surface area contributed by atoms with Gasteiger partial charge in [0.05, 0.1) is 17.8 Å². The summed E-state index contributed by atoms with van der Waals surface area (Å²) in [6, 6.07) is 0.263. The largest absolute Gasteiger partial charge is 0.377 e. The molecular formula is C13H20N2O5S. The molecule has 2 heterocycles. The zero-order chi connectivity index (χ0) is 15.0. The van der Waals surface area contributed by atoms with Gasteiger partial charge in [-0.2, -0.15) is 0 Å². The first-order valence-electron chi connectivity index (χ1n) is 7.40. The lowest BCUT2D eigenvalue weighted by atomic mass is 10.1. The minimum atomic E-state index is -3.70. The number of carbonyl (C=O) groups is 2. The molecule has 1 saturated carbocycles. The van der Waals surface area contributed by atoms with Crippen molar-refractivity contribution in [3.8, 4) is 0 Å². The Kier molecular flexibility index (Phi) is 3.92. The van der Waals surface area contributed by atoms with Crippen LogP contribution in [0.25, 0.3) is 0 Å². The third-order valence-electron chi connectivity index (χ3n) is 4.20. The number of nitrogens with one attached hydrogen (secondary N) is 1. The maximum atomic E-state index is 12.1. The van der Waals surface area contributed by atoms with Crippen LogP contribution in [0.2, 0.25) is 0 Å². The molecule has 2 atom stereocenters. The van der Waals surface area contributed by atoms with Crippen molar-refractivity contribution >= 4 is 21.8 Å². The van der Waals surface area contributed by atoms with E-state index >= 15 is 0 Å². The van der Waals surface area contributed by atoms with Gasteiger partial charge in [-0.15, -0.1) is 0 Å². The summed E-state index contributed by atoms with van der Waals surface area (Å²) in [6.07, 6.45) is 3.30. The van der Waals surface area contributed by atoms with E-state index in [9.17, 15) is 18.0 Å². The molecule has 2 unspecified atom stereocenters. The highest BCUT2D eigenvalue weighted by molar-refractivity contribution is 7.90. The van der Waals surface area contributed by atoms with E-state index in [1.54, 1.807) is 4.90 Å². The van der Waals surface area contributed by atoms with Crippen molar-refractivity contribution in [3.05, 3.63) is 0 Å². The number of sulfonamides is 1. The normalized spacial score (nSPS) is 29.9. The summed E-state index contributed by atoms with van der Waals surface area (Å²) in [5.74, 6) is -1.36. The van der Waals surface area contributed by atoms with Crippen molar-refractivity contribution in [1.82, 2.24) is 9.62 Å². The second-order valence-electron chi connectivity index (χ2n) is 6.06. The maximum absolute atomic E-state index is 12.1. The fourth-order valence-corrected chi connectivity index (χ4v) is 4.25. The second-order valence-corrected chi connectivity index (χ2v) is 7.83. The quantitative estimate of drug-likeness (QED) is 0.746. The van der Waals surface area contributed by atoms with Crippen LogP contribution in [0.15, 0.2) is 0 Å². The van der Waals surface area contributed by atoms with Crippen LogP contribution in [-0.2, 0) is 24.3 Å². The smallest absolute Gasteiger partial charge is 0.238 e. The first-order chi connectivity index (χ1) is 9.94. The highest BCUT2D eigenvalue weighted by Crippen LogP contribution is 2.32. The molecular weight excluding hydrogens is 296 g/mol. The molecule has 2 aliphatic heterocycles. The molecule has 3 rings (SSSR count). The van der Waals surface area contributed by atoms with E-state index in [2.05, 4.69) is 4.72 Å². The molecule has 3 aliphatic rings. The number of hydrogen-bond acceptors (Lipinski definition) is 5. The Balaban J connectivity index is 1.54. The summed E-state index contributed by atoms with van der Waals surface area (Å²) in [6.45, 7) is 0.909. The van der Waals surface area contributed by atoms with Gasteiger partial charge in [0.2, 0.25) is 21.8 Å². The molecule has 0 aromatic rings. The monoisotopic (exact) mass is 316 g/mol. The van der Waals surface area contributed by atoms with Crippen molar-refractivity contribution in [2.24, 2.45) is 5.92 Å². The predicted octanol–water partition coefficient (Wildman–Crippen LogP) is -0.378. The number of hydrogen-bond donors (Lipinski definition) is 1. The molecule has 7 nitrogen and oxygen atoms in total. The lowest BCUT2D eigenvalue weighted by Gasteiger charge is -2.16. The van der Waals surface area contributed by atoms with Gasteiger partial charge < -0.3 is 9.64 Å². The van der Waals surface area contributed by atoms with Crippen LogP contribution in [0.4, 0.5) is 0 Å². The Morgan fingerprint density at radius 2 is 2.10 bits per heavy atom. The first kappa shape index (κ1) is 14.8. The van der Waals surface area contributed by atoms with E-state index in [0.717, 1.165) is 19.3 Å². The van der Waals surface area contributed by atoms with Crippen LogP contribution in [0.3, 0.4) is 0 Å². The molecule has 2 saturated heterocycles. The molecule has 21 heavy (non-hydrogen) atoms. The summed E-state index contributed by atoms with van der Waals surface area (Å²) in [7, 11) is -3.70. The van der Waals surface area contributed by atoms with Crippen molar-refractivity contribution in [3.63, 3.8) is 0 Å². The van der Waals surface area contributed by atoms with Crippen LogP contribution < -0.4 is 4.72 Å². The van der Waals surface area contributed by atoms with Crippen molar-refractivity contribution in [2.45, 2.75) is 44.2 Å². The van der Waals surface area contributed by atoms with E-state index in [1.807, 2.05) is 0 Å². The average molecular weight is 316 g/mol. The third kappa shape index (κ3) is 3.55. The minimum Gasteiger partial charge on any atom is -0.377 e. The van der Waals surface area contributed by atoms with Gasteiger partial charge in [-0.3, -0.25) is 14.3 Å². The Labute approximate surface area is 124 Å². The van der Waals surface area contributed by atoms with Crippen molar-refractivity contribution < 1.29 is 22.7 Å². The molecule has 0 aromatic heterocycles. The lowest BCUT2D eigenvalue weighted by Crippen LogP contribution is -2.40. The van der Waals surface area contributed by atoms with Gasteiger partial charge >= 0.3 is 0 Å². The maximum Gasteiger partial charge on any atom is 0.238 e. The van der Waals surface area contributed by atoms with Gasteiger partial charge in [-0.05, 0) is 25.7 Å². The Morgan fingerprint density at radius 3 is 2.71 bits per heavy atom. The van der Waals surface area contributed by atoms with E-state index < -0.39 is 21.8 Å². The zero-order valence-electron chi connectivity index (χ0n) is 11.8. The number of likely N-dealkylation sites (tertiary alicyclic amines) is 1. The summed E-state index contributed by atoms with van der Waals surface area (Å²) in [4.78, 5) is 25.6. The highest BCUT2D eigenvalue weighted by atomic mass is 32.2. The lowest BCUT2D eigenvalue weighted by molar-refractivity contribution is -0.129. The van der Waals surface area contributed by atoms with Gasteiger partial charge in [0.25, 0.3) is 0 Å². The summed E-state index contributed by atoms with van der Waals surface area (Å²) in [5, 5.41) is 0. The number of nitrogens with zero attached hydrogens (tertiary/aromatic N) is 1. The number of rotatable bonds is 5. The van der Waals surface area contributed by atoms with E-state index in [1.165, 1.54) is 0 Å². The Bertz CT molecular complexity index is 537. The molecule has 1 aliphatic carbocycles. The zero-order valence-corrected chi connectivity index (χ0v) is 12.6. The minimum absolute atomic E-state index is 0.0471. The van der Waals surface area contributed by atoms with Crippen molar-refractivity contribution in [2.75, 3.05) is 18.9 Å². The van der Waals surface area contributed by atoms with Crippen LogP contribution in [0.1, 0.15) is 32.1 Å². The van der Waals surface area contributed by atoms with Gasteiger partial charge in [-0.1, -0.05) is 0 Å². The van der Waals surface area contributed by atoms with Crippen LogP contribution in [0, 0.1) is 5.92 Å². The fourth-order valence-electron chi connectivity index (χ4n) is 2.95. The molecule has 8 heteroatoms. The van der Waals surface area contributed by atoms with E-state index in [4.69, 9.17) is 4.74 Å². The molecule has 0 aromatic carbocycles. The number of carbonyl (C=O) groups excluding carboxylic acids is 2. The van der Waals surface area contributed by atoms with Crippen LogP contribution in [-0.4, -0.2) is 56.2 Å². The number of ether oxygens (including phenoxy) is 1. The SMILES string of the molecule is O=C(NS(=O)(=O)CC1CCCO1)C1CC(=O)N(C2CC2)C1. The van der Waals surface area contributed by atoms with Gasteiger partial charge in [0.15, 0.2) is 0 Å². The Morgan fingerprint density at radius 1 is 1.33 bits per heavy atom. The summed E-state index contributed by atoms with van der Waals surface area (Å²) >= 11 is 0. The standard InChI is InChI=1S/C13H20N2O5S/c16-12-6-9(7-15(12)10-3-4-10)13(17)14-21(18,19)8-11-2-1-5-20-11/h9-11H,1-8H2,(H,14,17). The molecule has 2 amide bonds. The van der Waals surface area contributed by atoms with Gasteiger partial charge in [0.1, 0.15) is 0 Å². The first-order valence-corrected chi connectivity index (χ1v) is 9.05. The molecule has 0 radical (unpaired) electrons. The molecule has 0 bridgehead atoms. The van der Waals surface area contributed by atoms with E-state index in [0.29, 0.717) is 19.6 Å². The Hall–Kier alpha value is -1.15. The van der Waals surface area contributed by atoms with Crippen molar-refractivity contribution in [1.29, 1.82) is 0 Å². The van der Waals surface area contributed by atoms with Crippen LogP contribution >= 0.6 is 0 Å². The average Bonchev–Trinajstić information content (AvgIpc) is 2.97. The van der Waals surface area contributed by atoms with Crippen LogP contribution in [0.5, 0.6) is 0 Å². The molecule has 0 spiro atoms. The molecule has 118 valence electrons. The fraction of sp³-hybridized carbons (Fsp3) is 0.846. The van der Waals surface area contributed by atoms with Gasteiger partial charge in [0, 0.05) is 25.6 Å². The number of amides is 2. The van der Waals surface area contributed by atoms with Gasteiger partial charge in [-0.25, -0.2) is 8.42 Å². The molecule has 3 fully saturated rings. The summed E-state index contributed by atoms with van der Waals surface area (Å²) < 4.78 is 31.3. The predicted molar refractivity (Wildman–Crippen MR) is 73.7 cm³/mol. The second kappa shape index (κ2) is 5.57. The summed E-state index contributed by atoms with van der Waals surface area (Å²) in [5.41, 5.74) is 0. The van der Waals surface area contributed by atoms with E-state index in [-0.39, 0.29) is 30.2 Å². The molecule has 1 N–H and O–H groups in total. The highest BCUT2D eigenvalue weighted by Gasteiger charge is 2.42.